The average Bonchev–Trinajstić information content (AvgIpc) is 2.59. The molecule has 26 heavy (non-hydrogen) atoms. The molecule has 1 amide bonds. The quantitative estimate of drug-likeness (QED) is 0.535. The lowest BCUT2D eigenvalue weighted by Crippen LogP contribution is -2.43. The van der Waals surface area contributed by atoms with Crippen LogP contribution in [0.5, 0.6) is 0 Å². The summed E-state index contributed by atoms with van der Waals surface area (Å²) in [5.74, 6) is -0.741. The minimum Gasteiger partial charge on any atom is -0.467 e. The summed E-state index contributed by atoms with van der Waals surface area (Å²) in [6, 6.07) is 14.6. The molecule has 2 rings (SSSR count). The van der Waals surface area contributed by atoms with Gasteiger partial charge in [0.25, 0.3) is 5.91 Å². The summed E-state index contributed by atoms with van der Waals surface area (Å²) in [6.07, 6.45) is 0.384. The first-order valence-electron chi connectivity index (χ1n) is 8.44. The van der Waals surface area contributed by atoms with Crippen LogP contribution in [-0.2, 0) is 21.4 Å². The maximum atomic E-state index is 12.6. The van der Waals surface area contributed by atoms with Gasteiger partial charge < -0.3 is 10.1 Å². The monoisotopic (exact) mass is 465 g/mol. The fourth-order valence-corrected chi connectivity index (χ4v) is 3.21. The third-order valence-electron chi connectivity index (χ3n) is 4.13. The van der Waals surface area contributed by atoms with Gasteiger partial charge >= 0.3 is 5.97 Å². The first-order valence-corrected chi connectivity index (χ1v) is 9.52. The minimum atomic E-state index is -0.729. The largest absolute Gasteiger partial charge is 0.467 e. The molecule has 138 valence electrons. The van der Waals surface area contributed by atoms with E-state index in [9.17, 15) is 9.59 Å². The molecule has 0 aromatic heterocycles. The number of ether oxygens (including phenoxy) is 1. The number of carbonyl (C=O) groups is 2. The normalized spacial score (nSPS) is 12.3. The summed E-state index contributed by atoms with van der Waals surface area (Å²) in [7, 11) is 1.33. The van der Waals surface area contributed by atoms with E-state index >= 15 is 0 Å². The molecule has 0 aliphatic rings. The molecule has 2 aromatic carbocycles. The Morgan fingerprint density at radius 1 is 1.12 bits per heavy atom. The summed E-state index contributed by atoms with van der Waals surface area (Å²) in [6.45, 7) is 6.36. The van der Waals surface area contributed by atoms with Crippen molar-refractivity contribution in [1.82, 2.24) is 5.32 Å². The molecule has 0 saturated carbocycles. The lowest BCUT2D eigenvalue weighted by molar-refractivity contribution is -0.142. The summed E-state index contributed by atoms with van der Waals surface area (Å²) in [4.78, 5) is 24.7. The SMILES string of the molecule is COC(=O)[C@H](Cc1cccc(I)c1)NC(=O)c1ccc(C(C)(C)C)cc1. The van der Waals surface area contributed by atoms with Crippen molar-refractivity contribution in [1.29, 1.82) is 0 Å². The zero-order chi connectivity index (χ0) is 19.3. The summed E-state index contributed by atoms with van der Waals surface area (Å²) in [5, 5.41) is 2.79. The Morgan fingerprint density at radius 2 is 1.77 bits per heavy atom. The number of halogens is 1. The highest BCUT2D eigenvalue weighted by atomic mass is 127. The molecule has 0 aliphatic heterocycles. The van der Waals surface area contributed by atoms with E-state index in [-0.39, 0.29) is 11.3 Å². The zero-order valence-corrected chi connectivity index (χ0v) is 17.7. The van der Waals surface area contributed by atoms with E-state index in [0.29, 0.717) is 12.0 Å². The third-order valence-corrected chi connectivity index (χ3v) is 4.80. The number of nitrogens with one attached hydrogen (secondary N) is 1. The molecule has 1 N–H and O–H groups in total. The fourth-order valence-electron chi connectivity index (χ4n) is 2.60. The molecule has 0 aliphatic carbocycles. The molecule has 0 bridgehead atoms. The van der Waals surface area contributed by atoms with Crippen molar-refractivity contribution in [2.24, 2.45) is 0 Å². The standard InChI is InChI=1S/C21H24INO3/c1-21(2,3)16-10-8-15(9-11-16)19(24)23-18(20(25)26-4)13-14-6-5-7-17(22)12-14/h5-12,18H,13H2,1-4H3,(H,23,24)/t18-/m0/s1. The molecule has 0 saturated heterocycles. The summed E-state index contributed by atoms with van der Waals surface area (Å²) in [5.41, 5.74) is 2.66. The summed E-state index contributed by atoms with van der Waals surface area (Å²) >= 11 is 2.22. The number of benzene rings is 2. The van der Waals surface area contributed by atoms with Crippen molar-refractivity contribution in [3.8, 4) is 0 Å². The van der Waals surface area contributed by atoms with Crippen molar-refractivity contribution in [3.63, 3.8) is 0 Å². The lowest BCUT2D eigenvalue weighted by atomic mass is 9.86. The van der Waals surface area contributed by atoms with Crippen LogP contribution in [-0.4, -0.2) is 25.0 Å². The number of methoxy groups -OCH3 is 1. The van der Waals surface area contributed by atoms with Crippen LogP contribution in [0.2, 0.25) is 0 Å². The molecule has 2 aromatic rings. The van der Waals surface area contributed by atoms with E-state index in [0.717, 1.165) is 14.7 Å². The second-order valence-corrected chi connectivity index (χ2v) is 8.46. The van der Waals surface area contributed by atoms with Crippen molar-refractivity contribution < 1.29 is 14.3 Å². The highest BCUT2D eigenvalue weighted by Crippen LogP contribution is 2.22. The molecular formula is C21H24INO3. The van der Waals surface area contributed by atoms with E-state index < -0.39 is 12.0 Å². The van der Waals surface area contributed by atoms with Gasteiger partial charge in [-0.3, -0.25) is 4.79 Å². The predicted molar refractivity (Wildman–Crippen MR) is 111 cm³/mol. The number of carbonyl (C=O) groups excluding carboxylic acids is 2. The molecule has 0 heterocycles. The summed E-state index contributed by atoms with van der Waals surface area (Å²) < 4.78 is 5.94. The van der Waals surface area contributed by atoms with Crippen LogP contribution in [0.4, 0.5) is 0 Å². The van der Waals surface area contributed by atoms with Gasteiger partial charge in [0, 0.05) is 15.6 Å². The van der Waals surface area contributed by atoms with Gasteiger partial charge in [0.2, 0.25) is 0 Å². The second kappa shape index (κ2) is 8.66. The van der Waals surface area contributed by atoms with Crippen LogP contribution in [0.3, 0.4) is 0 Å². The Hall–Kier alpha value is -1.89. The minimum absolute atomic E-state index is 0.0218. The van der Waals surface area contributed by atoms with E-state index in [1.165, 1.54) is 7.11 Å². The number of amides is 1. The van der Waals surface area contributed by atoms with Crippen molar-refractivity contribution >= 4 is 34.5 Å². The highest BCUT2D eigenvalue weighted by molar-refractivity contribution is 14.1. The van der Waals surface area contributed by atoms with Gasteiger partial charge in [0.05, 0.1) is 7.11 Å². The van der Waals surface area contributed by atoms with Crippen molar-refractivity contribution in [2.75, 3.05) is 7.11 Å². The Kier molecular flexibility index (Phi) is 6.81. The van der Waals surface area contributed by atoms with E-state index in [1.54, 1.807) is 12.1 Å². The Balaban J connectivity index is 2.14. The smallest absolute Gasteiger partial charge is 0.328 e. The molecule has 1 atom stereocenters. The molecule has 0 unspecified atom stereocenters. The van der Waals surface area contributed by atoms with Crippen LogP contribution in [0, 0.1) is 3.57 Å². The maximum absolute atomic E-state index is 12.6. The van der Waals surface area contributed by atoms with Gasteiger partial charge in [-0.1, -0.05) is 45.0 Å². The molecular weight excluding hydrogens is 441 g/mol. The molecule has 0 fully saturated rings. The molecule has 4 nitrogen and oxygen atoms in total. The van der Waals surface area contributed by atoms with Gasteiger partial charge in [-0.05, 0) is 63.4 Å². The van der Waals surface area contributed by atoms with Crippen molar-refractivity contribution in [2.45, 2.75) is 38.6 Å². The van der Waals surface area contributed by atoms with Crippen LogP contribution in [0.15, 0.2) is 48.5 Å². The number of hydrogen-bond donors (Lipinski definition) is 1. The van der Waals surface area contributed by atoms with Gasteiger partial charge in [-0.2, -0.15) is 0 Å². The third kappa shape index (κ3) is 5.56. The van der Waals surface area contributed by atoms with Gasteiger partial charge in [0.15, 0.2) is 0 Å². The number of hydrogen-bond acceptors (Lipinski definition) is 3. The molecule has 0 radical (unpaired) electrons. The van der Waals surface area contributed by atoms with Gasteiger partial charge in [0.1, 0.15) is 6.04 Å². The van der Waals surface area contributed by atoms with Crippen LogP contribution < -0.4 is 5.32 Å². The van der Waals surface area contributed by atoms with Crippen LogP contribution >= 0.6 is 22.6 Å². The van der Waals surface area contributed by atoms with E-state index in [2.05, 4.69) is 48.7 Å². The Morgan fingerprint density at radius 3 is 2.31 bits per heavy atom. The van der Waals surface area contributed by atoms with Crippen LogP contribution in [0.1, 0.15) is 42.3 Å². The van der Waals surface area contributed by atoms with Gasteiger partial charge in [-0.25, -0.2) is 4.79 Å². The zero-order valence-electron chi connectivity index (χ0n) is 15.5. The van der Waals surface area contributed by atoms with Crippen LogP contribution in [0.25, 0.3) is 0 Å². The average molecular weight is 465 g/mol. The predicted octanol–water partition coefficient (Wildman–Crippen LogP) is 4.10. The Labute approximate surface area is 168 Å². The maximum Gasteiger partial charge on any atom is 0.328 e. The lowest BCUT2D eigenvalue weighted by Gasteiger charge is -2.20. The van der Waals surface area contributed by atoms with Gasteiger partial charge in [-0.15, -0.1) is 0 Å². The molecule has 5 heteroatoms. The topological polar surface area (TPSA) is 55.4 Å². The van der Waals surface area contributed by atoms with Crippen molar-refractivity contribution in [3.05, 3.63) is 68.8 Å². The van der Waals surface area contributed by atoms with E-state index in [1.807, 2.05) is 36.4 Å². The van der Waals surface area contributed by atoms with E-state index in [4.69, 9.17) is 4.74 Å². The first-order chi connectivity index (χ1) is 12.2. The first kappa shape index (κ1) is 20.4. The fraction of sp³-hybridized carbons (Fsp3) is 0.333. The number of rotatable bonds is 5. The molecule has 0 spiro atoms. The number of esters is 1. The second-order valence-electron chi connectivity index (χ2n) is 7.21. The highest BCUT2D eigenvalue weighted by Gasteiger charge is 2.23. The Bertz CT molecular complexity index is 779.